The van der Waals surface area contributed by atoms with Gasteiger partial charge in [0.25, 0.3) is 0 Å². The molecule has 1 fully saturated rings. The Balaban J connectivity index is 1.17. The van der Waals surface area contributed by atoms with E-state index in [0.717, 1.165) is 49.4 Å². The molecule has 5 heteroatoms. The second-order valence-corrected chi connectivity index (χ2v) is 8.57. The first-order valence-corrected chi connectivity index (χ1v) is 12.1. The van der Waals surface area contributed by atoms with Gasteiger partial charge in [0.15, 0.2) is 0 Å². The minimum Gasteiger partial charge on any atom is -0.496 e. The largest absolute Gasteiger partial charge is 0.496 e. The molecule has 0 aromatic heterocycles. The molecule has 5 nitrogen and oxygen atoms in total. The highest BCUT2D eigenvalue weighted by molar-refractivity contribution is 5.49. The van der Waals surface area contributed by atoms with Crippen LogP contribution in [-0.2, 0) is 22.7 Å². The van der Waals surface area contributed by atoms with Gasteiger partial charge in [0.1, 0.15) is 11.5 Å². The van der Waals surface area contributed by atoms with E-state index in [1.807, 2.05) is 36.4 Å². The van der Waals surface area contributed by atoms with Crippen LogP contribution in [0, 0.1) is 0 Å². The van der Waals surface area contributed by atoms with Crippen LogP contribution in [0.25, 0.3) is 0 Å². The molecule has 0 aliphatic carbocycles. The Morgan fingerprint density at radius 2 is 1.65 bits per heavy atom. The molecular weight excluding hydrogens is 426 g/mol. The summed E-state index contributed by atoms with van der Waals surface area (Å²) in [6.07, 6.45) is 3.29. The third-order valence-electron chi connectivity index (χ3n) is 6.06. The number of para-hydroxylation sites is 1. The van der Waals surface area contributed by atoms with E-state index in [1.54, 1.807) is 7.11 Å². The fraction of sp³-hybridized carbons (Fsp3) is 0.379. The maximum atomic E-state index is 6.24. The second kappa shape index (κ2) is 13.0. The lowest BCUT2D eigenvalue weighted by Crippen LogP contribution is -2.39. The number of hydrogen-bond acceptors (Lipinski definition) is 5. The molecule has 3 aromatic carbocycles. The average molecular weight is 462 g/mol. The number of benzene rings is 3. The van der Waals surface area contributed by atoms with Gasteiger partial charge in [0, 0.05) is 30.8 Å². The van der Waals surface area contributed by atoms with Crippen LogP contribution in [0.5, 0.6) is 11.5 Å². The first-order chi connectivity index (χ1) is 16.8. The Hall–Kier alpha value is -3.02. The lowest BCUT2D eigenvalue weighted by molar-refractivity contribution is 0.0306. The number of nitrogens with zero attached hydrogens (tertiary/aromatic N) is 1. The van der Waals surface area contributed by atoms with E-state index in [-0.39, 0.29) is 6.10 Å². The van der Waals surface area contributed by atoms with Crippen LogP contribution in [0.1, 0.15) is 30.4 Å². The summed E-state index contributed by atoms with van der Waals surface area (Å²) in [5.41, 5.74) is 3.50. The molecular formula is C29H35NO4. The Bertz CT molecular complexity index is 977. The first kappa shape index (κ1) is 24.1. The van der Waals surface area contributed by atoms with E-state index >= 15 is 0 Å². The summed E-state index contributed by atoms with van der Waals surface area (Å²) in [4.78, 5) is 2.40. The Morgan fingerprint density at radius 1 is 0.853 bits per heavy atom. The van der Waals surface area contributed by atoms with Gasteiger partial charge >= 0.3 is 0 Å². The second-order valence-electron chi connectivity index (χ2n) is 8.57. The molecule has 1 aliphatic heterocycles. The predicted octanol–water partition coefficient (Wildman–Crippen LogP) is 5.87. The molecule has 0 radical (unpaired) electrons. The van der Waals surface area contributed by atoms with Gasteiger partial charge in [-0.3, -0.25) is 0 Å². The zero-order chi connectivity index (χ0) is 23.4. The fourth-order valence-corrected chi connectivity index (χ4v) is 4.21. The Labute approximate surface area is 203 Å². The number of anilines is 1. The van der Waals surface area contributed by atoms with Crippen molar-refractivity contribution in [3.63, 3.8) is 0 Å². The number of rotatable bonds is 12. The van der Waals surface area contributed by atoms with Crippen LogP contribution in [0.15, 0.2) is 78.9 Å². The van der Waals surface area contributed by atoms with Crippen molar-refractivity contribution in [1.82, 2.24) is 0 Å². The Kier molecular flexibility index (Phi) is 9.23. The summed E-state index contributed by atoms with van der Waals surface area (Å²) < 4.78 is 23.3. The molecule has 1 heterocycles. The van der Waals surface area contributed by atoms with Crippen molar-refractivity contribution in [3.05, 3.63) is 90.0 Å². The molecule has 180 valence electrons. The molecule has 1 atom stereocenters. The molecule has 3 aromatic rings. The minimum absolute atomic E-state index is 0.213. The monoisotopic (exact) mass is 461 g/mol. The van der Waals surface area contributed by atoms with Gasteiger partial charge in [-0.25, -0.2) is 0 Å². The third kappa shape index (κ3) is 7.24. The summed E-state index contributed by atoms with van der Waals surface area (Å²) in [5.74, 6) is 1.78. The average Bonchev–Trinajstić information content (AvgIpc) is 2.91. The van der Waals surface area contributed by atoms with E-state index in [9.17, 15) is 0 Å². The van der Waals surface area contributed by atoms with Crippen LogP contribution in [0.3, 0.4) is 0 Å². The summed E-state index contributed by atoms with van der Waals surface area (Å²) in [6, 6.07) is 26.7. The molecule has 4 rings (SSSR count). The van der Waals surface area contributed by atoms with Gasteiger partial charge in [-0.1, -0.05) is 48.5 Å². The highest BCUT2D eigenvalue weighted by Gasteiger charge is 2.21. The zero-order valence-electron chi connectivity index (χ0n) is 20.0. The van der Waals surface area contributed by atoms with Crippen molar-refractivity contribution < 1.29 is 18.9 Å². The van der Waals surface area contributed by atoms with Crippen LogP contribution >= 0.6 is 0 Å². The lowest BCUT2D eigenvalue weighted by Gasteiger charge is -2.34. The molecule has 0 saturated carbocycles. The number of ether oxygens (including phenoxy) is 4. The molecule has 0 amide bonds. The van der Waals surface area contributed by atoms with Crippen LogP contribution in [-0.4, -0.2) is 39.5 Å². The summed E-state index contributed by atoms with van der Waals surface area (Å²) in [6.45, 7) is 4.51. The smallest absolute Gasteiger partial charge is 0.124 e. The van der Waals surface area contributed by atoms with Crippen LogP contribution in [0.2, 0.25) is 0 Å². The molecule has 0 spiro atoms. The number of piperidine rings is 1. The summed E-state index contributed by atoms with van der Waals surface area (Å²) in [7, 11) is 1.70. The highest BCUT2D eigenvalue weighted by atomic mass is 16.5. The Morgan fingerprint density at radius 3 is 2.47 bits per heavy atom. The van der Waals surface area contributed by atoms with E-state index in [2.05, 4.69) is 47.4 Å². The molecule has 1 saturated heterocycles. The quantitative estimate of drug-likeness (QED) is 0.316. The topological polar surface area (TPSA) is 40.2 Å². The predicted molar refractivity (Wildman–Crippen MR) is 136 cm³/mol. The van der Waals surface area contributed by atoms with E-state index in [0.29, 0.717) is 26.4 Å². The van der Waals surface area contributed by atoms with Gasteiger partial charge in [-0.15, -0.1) is 0 Å². The summed E-state index contributed by atoms with van der Waals surface area (Å²) in [5, 5.41) is 0. The van der Waals surface area contributed by atoms with Crippen LogP contribution in [0.4, 0.5) is 5.69 Å². The maximum Gasteiger partial charge on any atom is 0.124 e. The van der Waals surface area contributed by atoms with Gasteiger partial charge in [0.05, 0.1) is 39.6 Å². The van der Waals surface area contributed by atoms with E-state index < -0.39 is 0 Å². The number of methoxy groups -OCH3 is 1. The maximum absolute atomic E-state index is 6.24. The molecule has 1 aliphatic rings. The summed E-state index contributed by atoms with van der Waals surface area (Å²) >= 11 is 0. The van der Waals surface area contributed by atoms with E-state index in [4.69, 9.17) is 18.9 Å². The van der Waals surface area contributed by atoms with Crippen LogP contribution < -0.4 is 14.4 Å². The number of hydrogen-bond donors (Lipinski definition) is 0. The van der Waals surface area contributed by atoms with Crippen molar-refractivity contribution in [2.45, 2.75) is 38.6 Å². The minimum atomic E-state index is 0.213. The highest BCUT2D eigenvalue weighted by Crippen LogP contribution is 2.25. The third-order valence-corrected chi connectivity index (χ3v) is 6.06. The van der Waals surface area contributed by atoms with Gasteiger partial charge in [-0.2, -0.15) is 0 Å². The SMILES string of the molecule is COc1ccccc1COC1CCCN(c2ccc(OCCCOCc3ccccc3)cc2)C1. The zero-order valence-corrected chi connectivity index (χ0v) is 20.0. The van der Waals surface area contributed by atoms with Crippen molar-refractivity contribution in [2.75, 3.05) is 38.3 Å². The standard InChI is InChI=1S/C29H35NO4/c1-31-29-13-6-5-11-25(29)23-34-28-12-7-18-30(21-28)26-14-16-27(17-15-26)33-20-8-19-32-22-24-9-3-2-4-10-24/h2-6,9-11,13-17,28H,7-8,12,18-23H2,1H3. The molecule has 0 N–H and O–H groups in total. The molecule has 0 bridgehead atoms. The van der Waals surface area contributed by atoms with Crippen molar-refractivity contribution in [3.8, 4) is 11.5 Å². The normalized spacial score (nSPS) is 15.8. The van der Waals surface area contributed by atoms with Gasteiger partial charge in [-0.05, 0) is 48.7 Å². The van der Waals surface area contributed by atoms with Crippen molar-refractivity contribution in [2.24, 2.45) is 0 Å². The first-order valence-electron chi connectivity index (χ1n) is 12.1. The van der Waals surface area contributed by atoms with Crippen molar-refractivity contribution >= 4 is 5.69 Å². The lowest BCUT2D eigenvalue weighted by atomic mass is 10.1. The fourth-order valence-electron chi connectivity index (χ4n) is 4.21. The van der Waals surface area contributed by atoms with Crippen molar-refractivity contribution in [1.29, 1.82) is 0 Å². The van der Waals surface area contributed by atoms with E-state index in [1.165, 1.54) is 11.3 Å². The van der Waals surface area contributed by atoms with Gasteiger partial charge < -0.3 is 23.8 Å². The molecule has 1 unspecified atom stereocenters. The van der Waals surface area contributed by atoms with Gasteiger partial charge in [0.2, 0.25) is 0 Å². The molecule has 34 heavy (non-hydrogen) atoms.